The zero-order chi connectivity index (χ0) is 14.7. The molecule has 2 N–H and O–H groups in total. The second kappa shape index (κ2) is 6.55. The van der Waals surface area contributed by atoms with Crippen LogP contribution in [0, 0.1) is 11.8 Å². The lowest BCUT2D eigenvalue weighted by atomic mass is 9.95. The lowest BCUT2D eigenvalue weighted by Crippen LogP contribution is -2.22. The van der Waals surface area contributed by atoms with Crippen LogP contribution in [0.25, 0.3) is 0 Å². The SMILES string of the molecule is COc1ccc(C(N)=S)cc1CN1CCC(C(C)C)C1. The summed E-state index contributed by atoms with van der Waals surface area (Å²) in [6, 6.07) is 5.94. The molecule has 4 heteroatoms. The van der Waals surface area contributed by atoms with Gasteiger partial charge in [-0.2, -0.15) is 0 Å². The van der Waals surface area contributed by atoms with Crippen molar-refractivity contribution >= 4 is 17.2 Å². The normalized spacial score (nSPS) is 19.5. The highest BCUT2D eigenvalue weighted by Crippen LogP contribution is 2.28. The molecule has 3 nitrogen and oxygen atoms in total. The average molecular weight is 292 g/mol. The lowest BCUT2D eigenvalue weighted by molar-refractivity contribution is 0.291. The van der Waals surface area contributed by atoms with E-state index in [1.807, 2.05) is 12.1 Å². The number of hydrogen-bond donors (Lipinski definition) is 1. The van der Waals surface area contributed by atoms with E-state index >= 15 is 0 Å². The van der Waals surface area contributed by atoms with Gasteiger partial charge in [-0.1, -0.05) is 26.1 Å². The van der Waals surface area contributed by atoms with Gasteiger partial charge in [-0.3, -0.25) is 4.90 Å². The first-order valence-corrected chi connectivity index (χ1v) is 7.61. The quantitative estimate of drug-likeness (QED) is 0.847. The van der Waals surface area contributed by atoms with E-state index in [1.54, 1.807) is 7.11 Å². The Morgan fingerprint density at radius 1 is 1.50 bits per heavy atom. The fourth-order valence-corrected chi connectivity index (χ4v) is 2.97. The Bertz CT molecular complexity index is 487. The van der Waals surface area contributed by atoms with Gasteiger partial charge in [0.05, 0.1) is 7.11 Å². The van der Waals surface area contributed by atoms with Gasteiger partial charge in [0.15, 0.2) is 0 Å². The summed E-state index contributed by atoms with van der Waals surface area (Å²) in [7, 11) is 1.71. The molecule has 20 heavy (non-hydrogen) atoms. The third kappa shape index (κ3) is 3.49. The summed E-state index contributed by atoms with van der Waals surface area (Å²) in [6.07, 6.45) is 1.29. The van der Waals surface area contributed by atoms with Gasteiger partial charge in [-0.15, -0.1) is 0 Å². The predicted molar refractivity (Wildman–Crippen MR) is 87.1 cm³/mol. The van der Waals surface area contributed by atoms with E-state index in [9.17, 15) is 0 Å². The van der Waals surface area contributed by atoms with Crippen LogP contribution in [0.2, 0.25) is 0 Å². The van der Waals surface area contributed by atoms with Crippen molar-refractivity contribution in [1.29, 1.82) is 0 Å². The molecule has 1 heterocycles. The highest BCUT2D eigenvalue weighted by Gasteiger charge is 2.25. The van der Waals surface area contributed by atoms with Crippen LogP contribution in [0.3, 0.4) is 0 Å². The van der Waals surface area contributed by atoms with E-state index in [-0.39, 0.29) is 0 Å². The van der Waals surface area contributed by atoms with Gasteiger partial charge in [-0.25, -0.2) is 0 Å². The molecule has 0 aromatic heterocycles. The molecule has 2 rings (SSSR count). The third-order valence-corrected chi connectivity index (χ3v) is 4.45. The first-order valence-electron chi connectivity index (χ1n) is 7.20. The van der Waals surface area contributed by atoms with Crippen LogP contribution in [0.5, 0.6) is 5.75 Å². The second-order valence-electron chi connectivity index (χ2n) is 5.92. The highest BCUT2D eigenvalue weighted by molar-refractivity contribution is 7.80. The number of rotatable bonds is 5. The minimum absolute atomic E-state index is 0.440. The fraction of sp³-hybridized carbons (Fsp3) is 0.562. The number of thiocarbonyl (C=S) groups is 1. The zero-order valence-electron chi connectivity index (χ0n) is 12.6. The number of nitrogens with zero attached hydrogens (tertiary/aromatic N) is 1. The topological polar surface area (TPSA) is 38.5 Å². The maximum atomic E-state index is 5.72. The van der Waals surface area contributed by atoms with E-state index in [4.69, 9.17) is 22.7 Å². The van der Waals surface area contributed by atoms with Gasteiger partial charge in [0, 0.05) is 24.2 Å². The van der Waals surface area contributed by atoms with Crippen LogP contribution in [0.4, 0.5) is 0 Å². The first kappa shape index (κ1) is 15.3. The number of hydrogen-bond acceptors (Lipinski definition) is 3. The Morgan fingerprint density at radius 2 is 2.25 bits per heavy atom. The van der Waals surface area contributed by atoms with Crippen molar-refractivity contribution in [1.82, 2.24) is 4.90 Å². The molecule has 1 aliphatic heterocycles. The minimum atomic E-state index is 0.440. The molecule has 1 aromatic carbocycles. The zero-order valence-corrected chi connectivity index (χ0v) is 13.4. The van der Waals surface area contributed by atoms with Crippen molar-refractivity contribution in [3.8, 4) is 5.75 Å². The number of methoxy groups -OCH3 is 1. The van der Waals surface area contributed by atoms with Crippen molar-refractivity contribution in [3.05, 3.63) is 29.3 Å². The summed E-state index contributed by atoms with van der Waals surface area (Å²) >= 11 is 5.06. The summed E-state index contributed by atoms with van der Waals surface area (Å²) in [4.78, 5) is 2.93. The summed E-state index contributed by atoms with van der Waals surface area (Å²) < 4.78 is 5.45. The van der Waals surface area contributed by atoms with Crippen molar-refractivity contribution in [2.45, 2.75) is 26.8 Å². The van der Waals surface area contributed by atoms with Gasteiger partial charge in [0.25, 0.3) is 0 Å². The van der Waals surface area contributed by atoms with E-state index in [1.165, 1.54) is 12.0 Å². The fourth-order valence-electron chi connectivity index (χ4n) is 2.85. The molecule has 1 atom stereocenters. The first-order chi connectivity index (χ1) is 9.51. The second-order valence-corrected chi connectivity index (χ2v) is 6.36. The molecule has 1 aliphatic rings. The maximum absolute atomic E-state index is 5.72. The predicted octanol–water partition coefficient (Wildman–Crippen LogP) is 2.81. The van der Waals surface area contributed by atoms with Crippen molar-refractivity contribution < 1.29 is 4.74 Å². The largest absolute Gasteiger partial charge is 0.496 e. The van der Waals surface area contributed by atoms with Crippen LogP contribution in [-0.2, 0) is 6.54 Å². The van der Waals surface area contributed by atoms with Crippen LogP contribution < -0.4 is 10.5 Å². The molecular formula is C16H24N2OS. The summed E-state index contributed by atoms with van der Waals surface area (Å²) in [6.45, 7) is 7.84. The van der Waals surface area contributed by atoms with Gasteiger partial charge < -0.3 is 10.5 Å². The minimum Gasteiger partial charge on any atom is -0.496 e. The highest BCUT2D eigenvalue weighted by atomic mass is 32.1. The van der Waals surface area contributed by atoms with Crippen LogP contribution in [0.1, 0.15) is 31.4 Å². The molecule has 1 fully saturated rings. The Labute approximate surface area is 127 Å². The van der Waals surface area contributed by atoms with Crippen molar-refractivity contribution in [2.75, 3.05) is 20.2 Å². The number of nitrogens with two attached hydrogens (primary N) is 1. The monoisotopic (exact) mass is 292 g/mol. The van der Waals surface area contributed by atoms with E-state index in [0.29, 0.717) is 4.99 Å². The van der Waals surface area contributed by atoms with Crippen LogP contribution in [0.15, 0.2) is 18.2 Å². The molecule has 1 unspecified atom stereocenters. The van der Waals surface area contributed by atoms with Crippen molar-refractivity contribution in [3.63, 3.8) is 0 Å². The maximum Gasteiger partial charge on any atom is 0.123 e. The average Bonchev–Trinajstić information content (AvgIpc) is 2.87. The molecule has 0 amide bonds. The van der Waals surface area contributed by atoms with Crippen LogP contribution >= 0.6 is 12.2 Å². The van der Waals surface area contributed by atoms with E-state index in [0.717, 1.165) is 42.8 Å². The Morgan fingerprint density at radius 3 is 2.80 bits per heavy atom. The molecule has 0 spiro atoms. The van der Waals surface area contributed by atoms with Gasteiger partial charge in [0.1, 0.15) is 10.7 Å². The van der Waals surface area contributed by atoms with Crippen molar-refractivity contribution in [2.24, 2.45) is 17.6 Å². The van der Waals surface area contributed by atoms with Crippen LogP contribution in [-0.4, -0.2) is 30.1 Å². The molecule has 0 saturated carbocycles. The third-order valence-electron chi connectivity index (χ3n) is 4.21. The summed E-state index contributed by atoms with van der Waals surface area (Å²) in [5, 5.41) is 0. The van der Waals surface area contributed by atoms with E-state index < -0.39 is 0 Å². The number of ether oxygens (including phenoxy) is 1. The standard InChI is InChI=1S/C16H24N2OS/c1-11(2)13-6-7-18(9-13)10-14-8-12(16(17)20)4-5-15(14)19-3/h4-5,8,11,13H,6-7,9-10H2,1-3H3,(H2,17,20). The lowest BCUT2D eigenvalue weighted by Gasteiger charge is -2.19. The number of likely N-dealkylation sites (tertiary alicyclic amines) is 1. The van der Waals surface area contributed by atoms with E-state index in [2.05, 4.69) is 24.8 Å². The van der Waals surface area contributed by atoms with Gasteiger partial charge in [0.2, 0.25) is 0 Å². The molecular weight excluding hydrogens is 268 g/mol. The smallest absolute Gasteiger partial charge is 0.123 e. The molecule has 0 radical (unpaired) electrons. The number of benzene rings is 1. The Balaban J connectivity index is 2.12. The summed E-state index contributed by atoms with van der Waals surface area (Å²) in [5.74, 6) is 2.47. The summed E-state index contributed by atoms with van der Waals surface area (Å²) in [5.41, 5.74) is 7.80. The Hall–Kier alpha value is -1.13. The molecule has 1 aromatic rings. The van der Waals surface area contributed by atoms with Gasteiger partial charge in [-0.05, 0) is 43.0 Å². The van der Waals surface area contributed by atoms with Gasteiger partial charge >= 0.3 is 0 Å². The molecule has 0 bridgehead atoms. The molecule has 0 aliphatic carbocycles. The Kier molecular flexibility index (Phi) is 5.00. The molecule has 1 saturated heterocycles. The molecule has 110 valence electrons.